The molecule has 1 rings (SSSR count). The molecular formula is C25H44O4. The lowest BCUT2D eigenvalue weighted by Crippen LogP contribution is -2.15. The minimum Gasteiger partial charge on any atom is -0.481 e. The van der Waals surface area contributed by atoms with Crippen LogP contribution in [-0.4, -0.2) is 33.5 Å². The summed E-state index contributed by atoms with van der Waals surface area (Å²) in [5.41, 5.74) is 2.80. The van der Waals surface area contributed by atoms with Gasteiger partial charge in [0.25, 0.3) is 0 Å². The van der Waals surface area contributed by atoms with Crippen LogP contribution in [0.3, 0.4) is 0 Å². The molecule has 4 nitrogen and oxygen atoms in total. The van der Waals surface area contributed by atoms with Crippen LogP contribution >= 0.6 is 0 Å². The molecule has 0 radical (unpaired) electrons. The highest BCUT2D eigenvalue weighted by atomic mass is 16.4. The van der Waals surface area contributed by atoms with Crippen LogP contribution in [0.15, 0.2) is 23.3 Å². The highest BCUT2D eigenvalue weighted by Crippen LogP contribution is 2.39. The smallest absolute Gasteiger partial charge is 0.303 e. The van der Waals surface area contributed by atoms with E-state index in [0.717, 1.165) is 70.6 Å². The summed E-state index contributed by atoms with van der Waals surface area (Å²) in [6, 6.07) is 0. The van der Waals surface area contributed by atoms with Crippen LogP contribution in [-0.2, 0) is 4.79 Å². The number of aliphatic hydroxyl groups excluding tert-OH is 2. The average molecular weight is 409 g/mol. The van der Waals surface area contributed by atoms with Crippen molar-refractivity contribution in [3.8, 4) is 0 Å². The van der Waals surface area contributed by atoms with Gasteiger partial charge < -0.3 is 15.3 Å². The molecule has 0 aromatic rings. The second-order valence-electron chi connectivity index (χ2n) is 8.64. The maximum atomic E-state index is 10.7. The Hall–Kier alpha value is -1.13. The Morgan fingerprint density at radius 2 is 1.66 bits per heavy atom. The molecule has 168 valence electrons. The Labute approximate surface area is 178 Å². The van der Waals surface area contributed by atoms with Crippen LogP contribution in [0.1, 0.15) is 110 Å². The van der Waals surface area contributed by atoms with Crippen molar-refractivity contribution in [2.45, 2.75) is 122 Å². The molecule has 4 heteroatoms. The fraction of sp³-hybridized carbons (Fsp3) is 0.800. The van der Waals surface area contributed by atoms with E-state index in [1.165, 1.54) is 30.4 Å². The highest BCUT2D eigenvalue weighted by molar-refractivity contribution is 5.66. The van der Waals surface area contributed by atoms with Gasteiger partial charge in [-0.2, -0.15) is 0 Å². The van der Waals surface area contributed by atoms with E-state index in [4.69, 9.17) is 5.11 Å². The summed E-state index contributed by atoms with van der Waals surface area (Å²) in [7, 11) is 0. The number of aliphatic carboxylic acids is 1. The summed E-state index contributed by atoms with van der Waals surface area (Å²) in [6.45, 7) is 4.37. The quantitative estimate of drug-likeness (QED) is 0.199. The van der Waals surface area contributed by atoms with E-state index in [1.54, 1.807) is 0 Å². The lowest BCUT2D eigenvalue weighted by atomic mass is 9.91. The van der Waals surface area contributed by atoms with Crippen LogP contribution < -0.4 is 0 Å². The first-order valence-corrected chi connectivity index (χ1v) is 12.0. The number of carboxylic acid groups (broad SMARTS) is 1. The molecule has 1 aliphatic carbocycles. The van der Waals surface area contributed by atoms with E-state index in [0.29, 0.717) is 0 Å². The van der Waals surface area contributed by atoms with Gasteiger partial charge in [-0.25, -0.2) is 0 Å². The van der Waals surface area contributed by atoms with Crippen LogP contribution in [0.5, 0.6) is 0 Å². The molecule has 0 heterocycles. The van der Waals surface area contributed by atoms with E-state index in [-0.39, 0.29) is 18.4 Å². The van der Waals surface area contributed by atoms with Gasteiger partial charge in [-0.05, 0) is 44.9 Å². The van der Waals surface area contributed by atoms with E-state index in [2.05, 4.69) is 13.8 Å². The Morgan fingerprint density at radius 1 is 1.00 bits per heavy atom. The largest absolute Gasteiger partial charge is 0.481 e. The zero-order chi connectivity index (χ0) is 21.5. The number of rotatable bonds is 17. The predicted molar refractivity (Wildman–Crippen MR) is 120 cm³/mol. The zero-order valence-corrected chi connectivity index (χ0v) is 18.7. The molecule has 0 saturated carbocycles. The normalized spacial score (nSPS) is 20.7. The molecular weight excluding hydrogens is 364 g/mol. The summed E-state index contributed by atoms with van der Waals surface area (Å²) >= 11 is 0. The van der Waals surface area contributed by atoms with Crippen molar-refractivity contribution in [1.29, 1.82) is 0 Å². The van der Waals surface area contributed by atoms with Crippen molar-refractivity contribution in [2.75, 3.05) is 0 Å². The molecule has 3 atom stereocenters. The number of carboxylic acids is 1. The minimum absolute atomic E-state index is 0.0338. The van der Waals surface area contributed by atoms with Gasteiger partial charge in [-0.15, -0.1) is 0 Å². The van der Waals surface area contributed by atoms with Gasteiger partial charge in [0.15, 0.2) is 0 Å². The topological polar surface area (TPSA) is 77.8 Å². The van der Waals surface area contributed by atoms with Crippen LogP contribution in [0.25, 0.3) is 0 Å². The zero-order valence-electron chi connectivity index (χ0n) is 18.7. The first kappa shape index (κ1) is 25.9. The molecule has 1 aliphatic rings. The molecule has 0 amide bonds. The highest BCUT2D eigenvalue weighted by Gasteiger charge is 2.30. The third-order valence-corrected chi connectivity index (χ3v) is 6.04. The number of unbranched alkanes of at least 4 members (excludes halogenated alkanes) is 7. The second kappa shape index (κ2) is 15.7. The van der Waals surface area contributed by atoms with Crippen molar-refractivity contribution in [1.82, 2.24) is 0 Å². The predicted octanol–water partition coefficient (Wildman–Crippen LogP) is 6.17. The van der Waals surface area contributed by atoms with Crippen molar-refractivity contribution in [2.24, 2.45) is 5.92 Å². The van der Waals surface area contributed by atoms with E-state index >= 15 is 0 Å². The maximum Gasteiger partial charge on any atom is 0.303 e. The van der Waals surface area contributed by atoms with Gasteiger partial charge in [-0.3, -0.25) is 4.79 Å². The SMILES string of the molecule is CCCCCC1=C(CCCCCCC(=O)O)[C@@H](C=C[C@@H](O)CCCCC)[C@H](O)C1. The number of aliphatic hydroxyl groups is 2. The van der Waals surface area contributed by atoms with E-state index in [1.807, 2.05) is 12.2 Å². The standard InChI is InChI=1S/C25H44O4/c1-3-5-9-13-20-19-24(27)23(18-17-21(26)14-10-6-4-2)22(20)15-11-7-8-12-16-25(28)29/h17-18,21,23-24,26-27H,3-16,19H2,1-2H3,(H,28,29)/t21-,23+,24+/m0/s1. The fourth-order valence-corrected chi connectivity index (χ4v) is 4.31. The molecule has 0 aromatic heterocycles. The van der Waals surface area contributed by atoms with Gasteiger partial charge in [0.05, 0.1) is 12.2 Å². The van der Waals surface area contributed by atoms with Gasteiger partial charge in [0.1, 0.15) is 0 Å². The number of carbonyl (C=O) groups is 1. The molecule has 29 heavy (non-hydrogen) atoms. The van der Waals surface area contributed by atoms with E-state index in [9.17, 15) is 15.0 Å². The Kier molecular flexibility index (Phi) is 14.0. The summed E-state index contributed by atoms with van der Waals surface area (Å²) in [5.74, 6) is -0.681. The number of hydrogen-bond acceptors (Lipinski definition) is 3. The molecule has 0 aliphatic heterocycles. The van der Waals surface area contributed by atoms with Crippen molar-refractivity contribution in [3.63, 3.8) is 0 Å². The Bertz CT molecular complexity index is 509. The van der Waals surface area contributed by atoms with Crippen molar-refractivity contribution < 1.29 is 20.1 Å². The van der Waals surface area contributed by atoms with Crippen LogP contribution in [0, 0.1) is 5.92 Å². The third kappa shape index (κ3) is 11.0. The van der Waals surface area contributed by atoms with Crippen molar-refractivity contribution in [3.05, 3.63) is 23.3 Å². The van der Waals surface area contributed by atoms with E-state index < -0.39 is 12.1 Å². The van der Waals surface area contributed by atoms with Crippen molar-refractivity contribution >= 4 is 5.97 Å². The monoisotopic (exact) mass is 408 g/mol. The lowest BCUT2D eigenvalue weighted by molar-refractivity contribution is -0.137. The summed E-state index contributed by atoms with van der Waals surface area (Å²) in [4.78, 5) is 10.6. The lowest BCUT2D eigenvalue weighted by Gasteiger charge is -2.16. The average Bonchev–Trinajstić information content (AvgIpc) is 2.97. The first-order chi connectivity index (χ1) is 14.0. The molecule has 0 fully saturated rings. The summed E-state index contributed by atoms with van der Waals surface area (Å²) in [5, 5.41) is 29.7. The molecule has 3 N–H and O–H groups in total. The molecule has 0 bridgehead atoms. The maximum absolute atomic E-state index is 10.7. The van der Waals surface area contributed by atoms with Crippen LogP contribution in [0.2, 0.25) is 0 Å². The van der Waals surface area contributed by atoms with Crippen LogP contribution in [0.4, 0.5) is 0 Å². The van der Waals surface area contributed by atoms with Gasteiger partial charge in [0.2, 0.25) is 0 Å². The van der Waals surface area contributed by atoms with Gasteiger partial charge >= 0.3 is 5.97 Å². The number of hydrogen-bond donors (Lipinski definition) is 3. The summed E-state index contributed by atoms with van der Waals surface area (Å²) in [6.07, 6.45) is 17.7. The second-order valence-corrected chi connectivity index (χ2v) is 8.64. The minimum atomic E-state index is -0.715. The van der Waals surface area contributed by atoms with Gasteiger partial charge in [0, 0.05) is 12.3 Å². The van der Waals surface area contributed by atoms with Gasteiger partial charge in [-0.1, -0.05) is 82.1 Å². The fourth-order valence-electron chi connectivity index (χ4n) is 4.31. The molecule has 0 spiro atoms. The third-order valence-electron chi connectivity index (χ3n) is 6.04. The first-order valence-electron chi connectivity index (χ1n) is 12.0. The Morgan fingerprint density at radius 3 is 2.34 bits per heavy atom. The molecule has 0 aromatic carbocycles. The Balaban J connectivity index is 2.65. The molecule has 0 saturated heterocycles. The summed E-state index contributed by atoms with van der Waals surface area (Å²) < 4.78 is 0. The molecule has 0 unspecified atom stereocenters.